The van der Waals surface area contributed by atoms with Crippen LogP contribution in [0.5, 0.6) is 0 Å². The predicted octanol–water partition coefficient (Wildman–Crippen LogP) is 14.2. The number of hydrogen-bond acceptors (Lipinski definition) is 18. The molecule has 0 radical (unpaired) electrons. The molecule has 6 aromatic heterocycles. The van der Waals surface area contributed by atoms with Gasteiger partial charge in [-0.3, -0.25) is 47.6 Å². The van der Waals surface area contributed by atoms with Gasteiger partial charge >= 0.3 is 17.9 Å². The lowest BCUT2D eigenvalue weighted by atomic mass is 9.95. The van der Waals surface area contributed by atoms with Crippen molar-refractivity contribution in [2.75, 3.05) is 11.1 Å². The van der Waals surface area contributed by atoms with Crippen molar-refractivity contribution in [3.05, 3.63) is 188 Å². The highest BCUT2D eigenvalue weighted by Crippen LogP contribution is 2.31. The number of aromatic nitrogens is 10. The fourth-order valence-corrected chi connectivity index (χ4v) is 14.3. The fourth-order valence-electron chi connectivity index (χ4n) is 13.1. The largest absolute Gasteiger partial charge is 0.478 e. The van der Waals surface area contributed by atoms with E-state index in [1.54, 1.807) is 62.5 Å². The number of amides is 1. The summed E-state index contributed by atoms with van der Waals surface area (Å²) in [4.78, 5) is 135. The van der Waals surface area contributed by atoms with Crippen molar-refractivity contribution in [1.29, 1.82) is 0 Å². The summed E-state index contributed by atoms with van der Waals surface area (Å²) in [7, 11) is 0. The molecule has 14 rings (SSSR count). The molecule has 2 atom stereocenters. The van der Waals surface area contributed by atoms with Gasteiger partial charge in [0.2, 0.25) is 0 Å². The number of nitrogens with two attached hydrogens (primary N) is 1. The summed E-state index contributed by atoms with van der Waals surface area (Å²) in [6.07, 6.45) is 26.0. The number of thiazole rings is 2. The van der Waals surface area contributed by atoms with Gasteiger partial charge in [-0.15, -0.1) is 22.7 Å². The minimum absolute atomic E-state index is 0.00264. The Labute approximate surface area is 597 Å². The number of rotatable bonds is 7. The van der Waals surface area contributed by atoms with Crippen LogP contribution in [0.2, 0.25) is 0 Å². The first kappa shape index (κ1) is 76.0. The molecule has 0 saturated heterocycles. The number of anilines is 2. The first-order valence-corrected chi connectivity index (χ1v) is 36.6. The average molecular weight is 1430 g/mol. The number of aromatic carboxylic acids is 3. The lowest BCUT2D eigenvalue weighted by Crippen LogP contribution is -2.28. The first-order chi connectivity index (χ1) is 49.2. The van der Waals surface area contributed by atoms with Crippen molar-refractivity contribution in [3.63, 3.8) is 0 Å². The van der Waals surface area contributed by atoms with Crippen LogP contribution in [0.15, 0.2) is 110 Å². The maximum atomic E-state index is 13.1. The molecule has 536 valence electrons. The van der Waals surface area contributed by atoms with Gasteiger partial charge < -0.3 is 25.8 Å². The van der Waals surface area contributed by atoms with Gasteiger partial charge in [0, 0.05) is 72.1 Å². The van der Waals surface area contributed by atoms with Crippen LogP contribution in [0.4, 0.5) is 10.3 Å². The number of allylic oxidation sites excluding steroid dienone is 2. The Morgan fingerprint density at radius 2 is 0.902 bits per heavy atom. The molecule has 0 spiro atoms. The van der Waals surface area contributed by atoms with Crippen molar-refractivity contribution in [2.24, 2.45) is 0 Å². The molecule has 10 heterocycles. The van der Waals surface area contributed by atoms with Gasteiger partial charge in [0.05, 0.1) is 60.3 Å². The summed E-state index contributed by atoms with van der Waals surface area (Å²) < 4.78 is 7.14. The molecule has 0 saturated carbocycles. The van der Waals surface area contributed by atoms with Gasteiger partial charge in [0.25, 0.3) is 28.1 Å². The number of benzene rings is 4. The zero-order valence-electron chi connectivity index (χ0n) is 58.5. The van der Waals surface area contributed by atoms with Gasteiger partial charge in [-0.05, 0) is 177 Å². The topological polar surface area (TPSA) is 349 Å². The third-order valence-corrected chi connectivity index (χ3v) is 20.1. The Kier molecular flexibility index (Phi) is 26.7. The molecule has 4 aliphatic heterocycles. The quantitative estimate of drug-likeness (QED) is 0.0925. The number of carboxylic acid groups (broad SMARTS) is 3. The predicted molar refractivity (Wildman–Crippen MR) is 400 cm³/mol. The minimum atomic E-state index is -1.01. The van der Waals surface area contributed by atoms with E-state index in [1.807, 2.05) is 31.4 Å². The van der Waals surface area contributed by atoms with Gasteiger partial charge in [-0.2, -0.15) is 0 Å². The van der Waals surface area contributed by atoms with Crippen molar-refractivity contribution in [1.82, 2.24) is 48.2 Å². The van der Waals surface area contributed by atoms with Gasteiger partial charge in [-0.25, -0.2) is 44.3 Å². The lowest BCUT2D eigenvalue weighted by Gasteiger charge is -2.23. The molecule has 4 aromatic carbocycles. The number of fused-ring (bicyclic) bond motifs is 8. The molecular weight excluding hydrogens is 1340 g/mol. The maximum Gasteiger partial charge on any atom is 0.335 e. The summed E-state index contributed by atoms with van der Waals surface area (Å²) in [6.45, 7) is 14.4. The van der Waals surface area contributed by atoms with Crippen molar-refractivity contribution in [2.45, 2.75) is 202 Å². The van der Waals surface area contributed by atoms with Crippen LogP contribution >= 0.6 is 22.7 Å². The third kappa shape index (κ3) is 18.7. The molecule has 2 unspecified atom stereocenters. The van der Waals surface area contributed by atoms with Crippen molar-refractivity contribution >= 4 is 112 Å². The summed E-state index contributed by atoms with van der Waals surface area (Å²) in [5.41, 5.74) is 9.17. The highest BCUT2D eigenvalue weighted by atomic mass is 32.1. The van der Waals surface area contributed by atoms with E-state index in [-0.39, 0.29) is 56.7 Å². The number of carbonyl (C=O) groups excluding carboxylic acids is 2. The molecule has 0 fully saturated rings. The van der Waals surface area contributed by atoms with Crippen LogP contribution in [0.3, 0.4) is 0 Å². The van der Waals surface area contributed by atoms with Crippen molar-refractivity contribution < 1.29 is 39.3 Å². The average Bonchev–Trinajstić information content (AvgIpc) is 0.833. The number of carbonyl (C=O) groups is 5. The Balaban J connectivity index is 0.000000152. The van der Waals surface area contributed by atoms with Gasteiger partial charge in [0.1, 0.15) is 29.6 Å². The Morgan fingerprint density at radius 1 is 0.510 bits per heavy atom. The van der Waals surface area contributed by atoms with Crippen molar-refractivity contribution in [3.8, 4) is 0 Å². The standard InChI is InChI=1S/C21H24N4O2S.C17H20N2O3.C17H18N2O3.C15H16N2O3.C4H6N2S.C2H4O/c1-3-14-7-5-4-6-10-25-18(14)23-17-11-15(8-9-16(17)20(25)27)19(26)24-21-22-12-13(2)28-21;2*1-2-11-6-4-3-5-9-19-15(11)18-14-10-12(17(21)22)7-8-13(14)16(19)20;18-14-11-7-6-10(15(19)20)9-12(11)16-13-5-3-1-2-4-8-17(13)14;1-3-2-6-4(5)7-3;1-2-3/h8-9,11-12,14H,3-7,10H2,1-2H3,(H,22,24,26);7-8,10-11H,2-6,9H2,1H3,(H,21,22);2,7-8,10H,3-6,9H2,1H3,(H,21,22);6-7,9H,1-5,8H2,(H,19,20);2H,1H3,(H2,5,6);2H,1H3/b;;11-2+;;;. The second-order valence-electron chi connectivity index (χ2n) is 25.5. The Morgan fingerprint density at radius 3 is 1.34 bits per heavy atom. The zero-order valence-corrected chi connectivity index (χ0v) is 60.2. The smallest absolute Gasteiger partial charge is 0.335 e. The van der Waals surface area contributed by atoms with Crippen LogP contribution in [0.1, 0.15) is 230 Å². The van der Waals surface area contributed by atoms with E-state index in [0.717, 1.165) is 161 Å². The highest BCUT2D eigenvalue weighted by molar-refractivity contribution is 7.15. The van der Waals surface area contributed by atoms with E-state index >= 15 is 0 Å². The number of nitrogens with one attached hydrogen (secondary N) is 1. The second kappa shape index (κ2) is 35.9. The Bertz CT molecular complexity index is 4990. The van der Waals surface area contributed by atoms with E-state index in [9.17, 15) is 38.4 Å². The van der Waals surface area contributed by atoms with E-state index in [4.69, 9.17) is 30.8 Å². The highest BCUT2D eigenvalue weighted by Gasteiger charge is 2.25. The molecule has 10 aromatic rings. The summed E-state index contributed by atoms with van der Waals surface area (Å²) in [5.74, 6) is 0.461. The second-order valence-corrected chi connectivity index (χ2v) is 28.0. The molecule has 0 aliphatic carbocycles. The summed E-state index contributed by atoms with van der Waals surface area (Å²) in [6, 6.07) is 18.7. The molecule has 26 heteroatoms. The van der Waals surface area contributed by atoms with Gasteiger partial charge in [0.15, 0.2) is 10.3 Å². The monoisotopic (exact) mass is 1420 g/mol. The zero-order chi connectivity index (χ0) is 73.1. The number of nitrogen functional groups attached to an aromatic ring is 1. The SMILES string of the molecule is C/C=C1\CCCCCn2c1nc1cc(C(=O)O)ccc1c2=O.CC=O.CCC1CCCCCn2c1nc1cc(C(=O)Nc3ncc(C)s3)ccc1c2=O.CCC1CCCCCn2c1nc1cc(C(=O)O)ccc1c2=O.Cc1cnc(N)s1.O=C(O)c1ccc2c(=O)n3c(nc2c1)CCCCCC3. The fraction of sp³-hybridized carbons (Fsp3) is 0.408. The third-order valence-electron chi connectivity index (χ3n) is 18.5. The molecular formula is C76H88N12O12S2. The van der Waals surface area contributed by atoms with Crippen LogP contribution in [-0.4, -0.2) is 93.6 Å². The maximum absolute atomic E-state index is 13.1. The number of aldehydes is 1. The summed E-state index contributed by atoms with van der Waals surface area (Å²) >= 11 is 2.94. The van der Waals surface area contributed by atoms with E-state index in [1.165, 1.54) is 72.4 Å². The number of aryl methyl sites for hydroxylation is 3. The van der Waals surface area contributed by atoms with E-state index in [0.29, 0.717) is 84.9 Å². The van der Waals surface area contributed by atoms with Crippen LogP contribution < -0.4 is 33.3 Å². The van der Waals surface area contributed by atoms with Crippen LogP contribution in [0.25, 0.3) is 49.2 Å². The minimum Gasteiger partial charge on any atom is -0.478 e. The molecule has 102 heavy (non-hydrogen) atoms. The number of nitrogens with zero attached hydrogens (tertiary/aromatic N) is 10. The number of hydrogen-bond donors (Lipinski definition) is 5. The van der Waals surface area contributed by atoms with E-state index in [2.05, 4.69) is 44.1 Å². The normalized spacial score (nSPS) is 16.1. The molecule has 1 amide bonds. The van der Waals surface area contributed by atoms with Crippen LogP contribution in [0, 0.1) is 13.8 Å². The Hall–Kier alpha value is -10.2. The molecule has 6 N–H and O–H groups in total. The summed E-state index contributed by atoms with van der Waals surface area (Å²) in [5, 5.41) is 33.3. The lowest BCUT2D eigenvalue weighted by molar-refractivity contribution is -0.106. The van der Waals surface area contributed by atoms with Gasteiger partial charge in [-0.1, -0.05) is 64.9 Å². The van der Waals surface area contributed by atoms with E-state index < -0.39 is 17.9 Å². The first-order valence-electron chi connectivity index (χ1n) is 35.0. The molecule has 0 bridgehead atoms. The molecule has 4 aliphatic rings. The number of carboxylic acids is 3. The molecule has 24 nitrogen and oxygen atoms in total. The van der Waals surface area contributed by atoms with Crippen LogP contribution in [-0.2, 0) is 37.4 Å².